The van der Waals surface area contributed by atoms with E-state index in [4.69, 9.17) is 0 Å². The number of sulfonamides is 2. The summed E-state index contributed by atoms with van der Waals surface area (Å²) in [5.41, 5.74) is 0. The zero-order valence-corrected chi connectivity index (χ0v) is 21.3. The van der Waals surface area contributed by atoms with E-state index in [1.807, 2.05) is 0 Å². The van der Waals surface area contributed by atoms with Crippen molar-refractivity contribution in [2.45, 2.75) is 54.7 Å². The standard InChI is InChI=1S/C25H32F2N2O4S2/c26-22-8-1-3-10-24(22)34(30,31)28-16-12-20(13-17-28)6-5-7-21-14-18-29(19-15-21)35(32,33)25-11-4-2-9-23(25)27/h1-4,8-11,20-21H,5-7,12-19H2. The van der Waals surface area contributed by atoms with Crippen LogP contribution in [0.15, 0.2) is 58.3 Å². The van der Waals surface area contributed by atoms with Crippen molar-refractivity contribution in [2.24, 2.45) is 11.8 Å². The Balaban J connectivity index is 1.20. The molecule has 2 aliphatic rings. The number of piperidine rings is 2. The highest BCUT2D eigenvalue weighted by molar-refractivity contribution is 7.89. The summed E-state index contributed by atoms with van der Waals surface area (Å²) in [7, 11) is -7.63. The minimum atomic E-state index is -3.81. The second-order valence-electron chi connectivity index (χ2n) is 9.49. The van der Waals surface area contributed by atoms with Gasteiger partial charge in [-0.05, 0) is 61.8 Å². The molecular weight excluding hydrogens is 494 g/mol. The second-order valence-corrected chi connectivity index (χ2v) is 13.3. The Hall–Kier alpha value is -1.88. The monoisotopic (exact) mass is 526 g/mol. The third-order valence-electron chi connectivity index (χ3n) is 7.28. The summed E-state index contributed by atoms with van der Waals surface area (Å²) >= 11 is 0. The molecule has 0 bridgehead atoms. The van der Waals surface area contributed by atoms with E-state index in [9.17, 15) is 25.6 Å². The van der Waals surface area contributed by atoms with Crippen LogP contribution in [0.3, 0.4) is 0 Å². The van der Waals surface area contributed by atoms with Gasteiger partial charge in [0.2, 0.25) is 20.0 Å². The Morgan fingerprint density at radius 3 is 1.31 bits per heavy atom. The molecule has 4 rings (SSSR count). The van der Waals surface area contributed by atoms with Crippen LogP contribution >= 0.6 is 0 Å². The summed E-state index contributed by atoms with van der Waals surface area (Å²) in [4.78, 5) is -0.524. The lowest BCUT2D eigenvalue weighted by molar-refractivity contribution is 0.234. The fourth-order valence-electron chi connectivity index (χ4n) is 5.16. The van der Waals surface area contributed by atoms with Gasteiger partial charge in [0, 0.05) is 26.2 Å². The Kier molecular flexibility index (Phi) is 8.25. The van der Waals surface area contributed by atoms with Gasteiger partial charge in [-0.2, -0.15) is 8.61 Å². The van der Waals surface area contributed by atoms with Gasteiger partial charge in [-0.15, -0.1) is 0 Å². The third kappa shape index (κ3) is 5.93. The van der Waals surface area contributed by atoms with Gasteiger partial charge in [0.25, 0.3) is 0 Å². The maximum Gasteiger partial charge on any atom is 0.245 e. The number of rotatable bonds is 8. The molecule has 192 valence electrons. The number of halogens is 2. The molecule has 35 heavy (non-hydrogen) atoms. The molecule has 0 atom stereocenters. The molecule has 0 aromatic heterocycles. The average Bonchev–Trinajstić information content (AvgIpc) is 2.85. The van der Waals surface area contributed by atoms with Crippen LogP contribution in [0.4, 0.5) is 8.78 Å². The minimum absolute atomic E-state index is 0.262. The van der Waals surface area contributed by atoms with E-state index in [2.05, 4.69) is 0 Å². The summed E-state index contributed by atoms with van der Waals surface area (Å²) in [6.45, 7) is 1.59. The van der Waals surface area contributed by atoms with Gasteiger partial charge >= 0.3 is 0 Å². The summed E-state index contributed by atoms with van der Waals surface area (Å²) in [6, 6.07) is 11.0. The van der Waals surface area contributed by atoms with Crippen LogP contribution < -0.4 is 0 Å². The Morgan fingerprint density at radius 2 is 0.971 bits per heavy atom. The van der Waals surface area contributed by atoms with Gasteiger partial charge in [-0.1, -0.05) is 43.5 Å². The van der Waals surface area contributed by atoms with E-state index in [0.717, 1.165) is 44.9 Å². The summed E-state index contributed by atoms with van der Waals surface area (Å²) in [5, 5.41) is 0. The number of hydrogen-bond donors (Lipinski definition) is 0. The molecule has 2 saturated heterocycles. The molecule has 0 saturated carbocycles. The van der Waals surface area contributed by atoms with Crippen LogP contribution in [-0.4, -0.2) is 51.6 Å². The van der Waals surface area contributed by atoms with Crippen molar-refractivity contribution in [1.29, 1.82) is 0 Å². The lowest BCUT2D eigenvalue weighted by Crippen LogP contribution is -2.39. The first-order chi connectivity index (χ1) is 16.7. The molecule has 0 amide bonds. The van der Waals surface area contributed by atoms with E-state index in [1.165, 1.54) is 57.1 Å². The smallest absolute Gasteiger partial charge is 0.207 e. The zero-order chi connectivity index (χ0) is 25.1. The molecule has 2 heterocycles. The maximum absolute atomic E-state index is 14.0. The van der Waals surface area contributed by atoms with Crippen molar-refractivity contribution in [3.8, 4) is 0 Å². The van der Waals surface area contributed by atoms with Gasteiger partial charge in [-0.25, -0.2) is 25.6 Å². The fourth-order valence-corrected chi connectivity index (χ4v) is 8.23. The van der Waals surface area contributed by atoms with Crippen LogP contribution in [0.25, 0.3) is 0 Å². The summed E-state index contributed by atoms with van der Waals surface area (Å²) in [5.74, 6) is -0.572. The van der Waals surface area contributed by atoms with Crippen molar-refractivity contribution < 1.29 is 25.6 Å². The predicted octanol–water partition coefficient (Wildman–Crippen LogP) is 4.64. The van der Waals surface area contributed by atoms with Crippen molar-refractivity contribution in [1.82, 2.24) is 8.61 Å². The zero-order valence-electron chi connectivity index (χ0n) is 19.7. The van der Waals surface area contributed by atoms with E-state index in [1.54, 1.807) is 0 Å². The largest absolute Gasteiger partial charge is 0.245 e. The van der Waals surface area contributed by atoms with E-state index < -0.39 is 31.7 Å². The van der Waals surface area contributed by atoms with Crippen LogP contribution in [0.5, 0.6) is 0 Å². The molecule has 0 radical (unpaired) electrons. The number of nitrogens with zero attached hydrogens (tertiary/aromatic N) is 2. The number of hydrogen-bond acceptors (Lipinski definition) is 4. The van der Waals surface area contributed by atoms with Gasteiger partial charge in [0.05, 0.1) is 0 Å². The van der Waals surface area contributed by atoms with E-state index in [0.29, 0.717) is 38.0 Å². The normalized spacial score (nSPS) is 19.7. The average molecular weight is 527 g/mol. The van der Waals surface area contributed by atoms with Gasteiger partial charge in [0.15, 0.2) is 0 Å². The van der Waals surface area contributed by atoms with Crippen LogP contribution in [0.1, 0.15) is 44.9 Å². The molecule has 10 heteroatoms. The maximum atomic E-state index is 14.0. The summed E-state index contributed by atoms with van der Waals surface area (Å²) < 4.78 is 81.8. The van der Waals surface area contributed by atoms with Gasteiger partial charge in [-0.3, -0.25) is 0 Å². The Bertz CT molecular complexity index is 1130. The molecular formula is C25H32F2N2O4S2. The minimum Gasteiger partial charge on any atom is -0.207 e. The van der Waals surface area contributed by atoms with Crippen molar-refractivity contribution >= 4 is 20.0 Å². The molecule has 0 unspecified atom stereocenters. The number of benzene rings is 2. The SMILES string of the molecule is O=S(=O)(c1ccccc1F)N1CCC(CCCC2CCN(S(=O)(=O)c3ccccc3F)CC2)CC1. The highest BCUT2D eigenvalue weighted by Crippen LogP contribution is 2.31. The van der Waals surface area contributed by atoms with Crippen molar-refractivity contribution in [2.75, 3.05) is 26.2 Å². The first kappa shape index (κ1) is 26.2. The lowest BCUT2D eigenvalue weighted by atomic mass is 9.87. The second kappa shape index (κ2) is 11.0. The fraction of sp³-hybridized carbons (Fsp3) is 0.520. The highest BCUT2D eigenvalue weighted by atomic mass is 32.2. The molecule has 2 fully saturated rings. The highest BCUT2D eigenvalue weighted by Gasteiger charge is 2.32. The Labute approximate surface area is 207 Å². The first-order valence-corrected chi connectivity index (χ1v) is 15.1. The van der Waals surface area contributed by atoms with Crippen LogP contribution in [0.2, 0.25) is 0 Å². The van der Waals surface area contributed by atoms with E-state index >= 15 is 0 Å². The topological polar surface area (TPSA) is 74.8 Å². The van der Waals surface area contributed by atoms with Crippen LogP contribution in [0, 0.1) is 23.5 Å². The van der Waals surface area contributed by atoms with E-state index in [-0.39, 0.29) is 9.79 Å². The molecule has 2 aliphatic heterocycles. The molecule has 0 spiro atoms. The molecule has 0 N–H and O–H groups in total. The summed E-state index contributed by atoms with van der Waals surface area (Å²) in [6.07, 6.45) is 6.04. The van der Waals surface area contributed by atoms with Crippen LogP contribution in [-0.2, 0) is 20.0 Å². The molecule has 2 aromatic carbocycles. The van der Waals surface area contributed by atoms with Gasteiger partial charge < -0.3 is 0 Å². The predicted molar refractivity (Wildman–Crippen MR) is 130 cm³/mol. The quantitative estimate of drug-likeness (QED) is 0.503. The molecule has 2 aromatic rings. The third-order valence-corrected chi connectivity index (χ3v) is 11.1. The lowest BCUT2D eigenvalue weighted by Gasteiger charge is -2.33. The van der Waals surface area contributed by atoms with Crippen molar-refractivity contribution in [3.05, 3.63) is 60.2 Å². The van der Waals surface area contributed by atoms with Crippen molar-refractivity contribution in [3.63, 3.8) is 0 Å². The molecule has 6 nitrogen and oxygen atoms in total. The van der Waals surface area contributed by atoms with Gasteiger partial charge in [0.1, 0.15) is 21.4 Å². The molecule has 0 aliphatic carbocycles. The first-order valence-electron chi connectivity index (χ1n) is 12.2. The Morgan fingerprint density at radius 1 is 0.629 bits per heavy atom.